The van der Waals surface area contributed by atoms with Gasteiger partial charge in [0.05, 0.1) is 44.2 Å². The molecule has 0 amide bonds. The number of hydrogen-bond donors (Lipinski definition) is 0. The van der Waals surface area contributed by atoms with Gasteiger partial charge in [-0.15, -0.1) is 5.10 Å². The van der Waals surface area contributed by atoms with Gasteiger partial charge in [-0.05, 0) is 53.1 Å². The van der Waals surface area contributed by atoms with E-state index >= 15 is 0 Å². The lowest BCUT2D eigenvalue weighted by Gasteiger charge is -2.07. The number of pyridine rings is 2. The minimum atomic E-state index is 0.415. The third-order valence-corrected chi connectivity index (χ3v) is 5.38. The smallest absolute Gasteiger partial charge is 0.213 e. The van der Waals surface area contributed by atoms with Crippen LogP contribution in [0.5, 0.6) is 23.3 Å². The molecule has 0 unspecified atom stereocenters. The number of azide groups is 1. The highest BCUT2D eigenvalue weighted by Gasteiger charge is 2.02. The van der Waals surface area contributed by atoms with E-state index in [2.05, 4.69) is 30.3 Å². The van der Waals surface area contributed by atoms with Crippen LogP contribution in [0.3, 0.4) is 0 Å². The standard InChI is InChI=1S/C15H14N4O2.C13H12N4O2/c1-20-14-5-2-12(3-6-14)11-21-15-7-4-13(10-16-15)19-9-8-17-18-19;1-18-12-5-2-10(3-6-12)9-19-13-7-4-11(8-15-13)16-17-14/h2-10H,11H2,1H3;2-8H,9H2,1H3. The fourth-order valence-electron chi connectivity index (χ4n) is 3.27. The summed E-state index contributed by atoms with van der Waals surface area (Å²) in [4.78, 5) is 11.0. The van der Waals surface area contributed by atoms with Crippen molar-refractivity contribution in [3.8, 4) is 28.9 Å². The maximum atomic E-state index is 8.27. The van der Waals surface area contributed by atoms with Gasteiger partial charge < -0.3 is 18.9 Å². The van der Waals surface area contributed by atoms with Crippen LogP contribution in [0.1, 0.15) is 11.1 Å². The summed E-state index contributed by atoms with van der Waals surface area (Å²) in [5, 5.41) is 11.1. The second-order valence-corrected chi connectivity index (χ2v) is 8.02. The maximum absolute atomic E-state index is 8.27. The molecule has 0 aliphatic rings. The second kappa shape index (κ2) is 14.4. The Kier molecular flexibility index (Phi) is 9.85. The van der Waals surface area contributed by atoms with Crippen molar-refractivity contribution in [2.75, 3.05) is 14.2 Å². The van der Waals surface area contributed by atoms with Gasteiger partial charge in [0.15, 0.2) is 0 Å². The maximum Gasteiger partial charge on any atom is 0.213 e. The van der Waals surface area contributed by atoms with Gasteiger partial charge in [0, 0.05) is 23.2 Å². The molecule has 3 aromatic heterocycles. The van der Waals surface area contributed by atoms with Crippen LogP contribution < -0.4 is 18.9 Å². The average molecular weight is 539 g/mol. The van der Waals surface area contributed by atoms with Gasteiger partial charge in [-0.25, -0.2) is 14.6 Å². The molecule has 12 nitrogen and oxygen atoms in total. The predicted molar refractivity (Wildman–Crippen MR) is 147 cm³/mol. The number of nitrogens with zero attached hydrogens (tertiary/aromatic N) is 8. The number of ether oxygens (including phenoxy) is 4. The molecule has 0 aliphatic heterocycles. The first-order chi connectivity index (χ1) is 19.7. The Hall–Kier alpha value is -5.61. The number of methoxy groups -OCH3 is 2. The third kappa shape index (κ3) is 8.20. The van der Waals surface area contributed by atoms with E-state index in [9.17, 15) is 0 Å². The highest BCUT2D eigenvalue weighted by Crippen LogP contribution is 2.17. The Labute approximate surface area is 230 Å². The molecule has 0 bridgehead atoms. The molecule has 2 aromatic carbocycles. The van der Waals surface area contributed by atoms with Crippen molar-refractivity contribution in [3.63, 3.8) is 0 Å². The lowest BCUT2D eigenvalue weighted by atomic mass is 10.2. The van der Waals surface area contributed by atoms with Gasteiger partial charge in [0.1, 0.15) is 24.7 Å². The Morgan fingerprint density at radius 3 is 1.75 bits per heavy atom. The number of benzene rings is 2. The van der Waals surface area contributed by atoms with Gasteiger partial charge in [0.25, 0.3) is 0 Å². The van der Waals surface area contributed by atoms with Crippen LogP contribution in [0, 0.1) is 0 Å². The Morgan fingerprint density at radius 1 is 0.750 bits per heavy atom. The fourth-order valence-corrected chi connectivity index (χ4v) is 3.27. The van der Waals surface area contributed by atoms with Gasteiger partial charge in [-0.1, -0.05) is 34.6 Å². The van der Waals surface area contributed by atoms with E-state index in [1.807, 2.05) is 54.6 Å². The van der Waals surface area contributed by atoms with Crippen LogP contribution in [0.4, 0.5) is 5.69 Å². The zero-order valence-electron chi connectivity index (χ0n) is 21.9. The lowest BCUT2D eigenvalue weighted by Crippen LogP contribution is -1.99. The molecule has 0 spiro atoms. The molecule has 0 saturated heterocycles. The van der Waals surface area contributed by atoms with E-state index in [0.29, 0.717) is 30.7 Å². The summed E-state index contributed by atoms with van der Waals surface area (Å²) in [5.41, 5.74) is 11.6. The van der Waals surface area contributed by atoms with Crippen LogP contribution in [0.2, 0.25) is 0 Å². The van der Waals surface area contributed by atoms with Gasteiger partial charge >= 0.3 is 0 Å². The molecule has 3 heterocycles. The summed E-state index contributed by atoms with van der Waals surface area (Å²) in [6, 6.07) is 22.3. The molecule has 40 heavy (non-hydrogen) atoms. The van der Waals surface area contributed by atoms with Gasteiger partial charge in [-0.2, -0.15) is 0 Å². The molecule has 0 fully saturated rings. The quantitative estimate of drug-likeness (QED) is 0.122. The van der Waals surface area contributed by atoms with Crippen LogP contribution in [-0.4, -0.2) is 39.2 Å². The Balaban J connectivity index is 0.000000186. The van der Waals surface area contributed by atoms with Crippen molar-refractivity contribution in [2.24, 2.45) is 5.11 Å². The molecule has 0 N–H and O–H groups in total. The van der Waals surface area contributed by atoms with Crippen molar-refractivity contribution in [1.29, 1.82) is 0 Å². The van der Waals surface area contributed by atoms with E-state index < -0.39 is 0 Å². The van der Waals surface area contributed by atoms with E-state index in [4.69, 9.17) is 24.5 Å². The summed E-state index contributed by atoms with van der Waals surface area (Å²) >= 11 is 0. The highest BCUT2D eigenvalue weighted by atomic mass is 16.5. The molecule has 0 atom stereocenters. The lowest BCUT2D eigenvalue weighted by molar-refractivity contribution is 0.293. The molecule has 202 valence electrons. The monoisotopic (exact) mass is 538 g/mol. The van der Waals surface area contributed by atoms with Crippen LogP contribution in [0.15, 0.2) is 103 Å². The molecular weight excluding hydrogens is 512 g/mol. The normalized spacial score (nSPS) is 9.95. The molecule has 0 aliphatic carbocycles. The Morgan fingerprint density at radius 2 is 1.32 bits per heavy atom. The van der Waals surface area contributed by atoms with Crippen LogP contribution in [-0.2, 0) is 13.2 Å². The van der Waals surface area contributed by atoms with Gasteiger partial charge in [0.2, 0.25) is 11.8 Å². The first kappa shape index (κ1) is 27.4. The zero-order chi connectivity index (χ0) is 28.0. The number of rotatable bonds is 10. The summed E-state index contributed by atoms with van der Waals surface area (Å²) in [5.74, 6) is 2.68. The zero-order valence-corrected chi connectivity index (χ0v) is 21.9. The average Bonchev–Trinajstić information content (AvgIpc) is 3.56. The fraction of sp³-hybridized carbons (Fsp3) is 0.143. The van der Waals surface area contributed by atoms with Crippen molar-refractivity contribution in [3.05, 3.63) is 119 Å². The predicted octanol–water partition coefficient (Wildman–Crippen LogP) is 5.86. The minimum absolute atomic E-state index is 0.415. The third-order valence-electron chi connectivity index (χ3n) is 5.38. The van der Waals surface area contributed by atoms with E-state index in [-0.39, 0.29) is 0 Å². The summed E-state index contributed by atoms with van der Waals surface area (Å²) < 4.78 is 23.0. The molecule has 5 rings (SSSR count). The molecule has 5 aromatic rings. The van der Waals surface area contributed by atoms with Gasteiger partial charge in [-0.3, -0.25) is 0 Å². The molecular formula is C28H26N8O4. The second-order valence-electron chi connectivity index (χ2n) is 8.02. The molecule has 0 saturated carbocycles. The van der Waals surface area contributed by atoms with E-state index in [0.717, 1.165) is 28.3 Å². The summed E-state index contributed by atoms with van der Waals surface area (Å²) in [6.45, 7) is 0.873. The van der Waals surface area contributed by atoms with Crippen molar-refractivity contribution in [2.45, 2.75) is 13.2 Å². The Bertz CT molecular complexity index is 1490. The van der Waals surface area contributed by atoms with E-state index in [1.165, 1.54) is 6.20 Å². The van der Waals surface area contributed by atoms with E-state index in [1.54, 1.807) is 55.7 Å². The van der Waals surface area contributed by atoms with Crippen molar-refractivity contribution in [1.82, 2.24) is 25.0 Å². The van der Waals surface area contributed by atoms with Crippen LogP contribution >= 0.6 is 0 Å². The van der Waals surface area contributed by atoms with Crippen LogP contribution in [0.25, 0.3) is 16.1 Å². The first-order valence-corrected chi connectivity index (χ1v) is 12.0. The van der Waals surface area contributed by atoms with Crippen molar-refractivity contribution >= 4 is 5.69 Å². The highest BCUT2D eigenvalue weighted by molar-refractivity contribution is 5.35. The minimum Gasteiger partial charge on any atom is -0.497 e. The summed E-state index contributed by atoms with van der Waals surface area (Å²) in [7, 11) is 3.27. The molecule has 0 radical (unpaired) electrons. The molecule has 12 heteroatoms. The largest absolute Gasteiger partial charge is 0.497 e. The first-order valence-electron chi connectivity index (χ1n) is 12.0. The topological polar surface area (TPSA) is 142 Å². The van der Waals surface area contributed by atoms with Crippen molar-refractivity contribution < 1.29 is 18.9 Å². The summed E-state index contributed by atoms with van der Waals surface area (Å²) in [6.07, 6.45) is 6.53. The number of aromatic nitrogens is 5. The SMILES string of the molecule is COc1ccc(COc2ccc(-n3ccnn3)cn2)cc1.COc1ccc(COc2ccc(N=[N+]=[N-])cn2)cc1. The number of hydrogen-bond acceptors (Lipinski definition) is 9.